The predicted octanol–water partition coefficient (Wildman–Crippen LogP) is 3.20. The molecule has 1 saturated heterocycles. The van der Waals surface area contributed by atoms with Crippen molar-refractivity contribution in [1.29, 1.82) is 0 Å². The van der Waals surface area contributed by atoms with Gasteiger partial charge in [0.25, 0.3) is 0 Å². The van der Waals surface area contributed by atoms with Gasteiger partial charge in [0.2, 0.25) is 17.7 Å². The van der Waals surface area contributed by atoms with Crippen LogP contribution in [-0.4, -0.2) is 34.1 Å². The fourth-order valence-corrected chi connectivity index (χ4v) is 3.39. The molecule has 1 amide bonds. The van der Waals surface area contributed by atoms with Crippen LogP contribution in [-0.2, 0) is 11.2 Å². The van der Waals surface area contributed by atoms with Gasteiger partial charge in [0.1, 0.15) is 0 Å². The Morgan fingerprint density at radius 3 is 2.77 bits per heavy atom. The first-order chi connectivity index (χ1) is 10.6. The largest absolute Gasteiger partial charge is 0.425 e. The van der Waals surface area contributed by atoms with Crippen LogP contribution in [0.15, 0.2) is 21.9 Å². The highest BCUT2D eigenvalue weighted by atomic mass is 32.1. The molecule has 3 heterocycles. The lowest BCUT2D eigenvalue weighted by molar-refractivity contribution is -0.131. The van der Waals surface area contributed by atoms with E-state index in [9.17, 15) is 4.79 Å². The Kier molecular flexibility index (Phi) is 4.57. The summed E-state index contributed by atoms with van der Waals surface area (Å²) in [6.07, 6.45) is 2.31. The number of likely N-dealkylation sites (tertiary alicyclic amines) is 1. The molecule has 6 heteroatoms. The van der Waals surface area contributed by atoms with Gasteiger partial charge in [-0.05, 0) is 24.3 Å². The second-order valence-corrected chi connectivity index (χ2v) is 7.08. The summed E-state index contributed by atoms with van der Waals surface area (Å²) in [6.45, 7) is 5.63. The van der Waals surface area contributed by atoms with E-state index in [1.807, 2.05) is 36.3 Å². The van der Waals surface area contributed by atoms with Crippen molar-refractivity contribution >= 4 is 17.2 Å². The Labute approximate surface area is 134 Å². The van der Waals surface area contributed by atoms with Crippen LogP contribution in [0.3, 0.4) is 0 Å². The van der Waals surface area contributed by atoms with E-state index in [-0.39, 0.29) is 17.7 Å². The Balaban J connectivity index is 1.54. The van der Waals surface area contributed by atoms with Gasteiger partial charge in [-0.25, -0.2) is 0 Å². The first-order valence-corrected chi connectivity index (χ1v) is 8.65. The molecule has 3 rings (SSSR count). The number of hydrogen-bond donors (Lipinski definition) is 0. The van der Waals surface area contributed by atoms with Gasteiger partial charge < -0.3 is 9.32 Å². The van der Waals surface area contributed by atoms with Crippen molar-refractivity contribution in [1.82, 2.24) is 15.1 Å². The third-order valence-electron chi connectivity index (χ3n) is 4.05. The van der Waals surface area contributed by atoms with E-state index in [4.69, 9.17) is 4.42 Å². The Bertz CT molecular complexity index is 613. The van der Waals surface area contributed by atoms with Crippen molar-refractivity contribution < 1.29 is 9.21 Å². The number of hydrogen-bond acceptors (Lipinski definition) is 5. The number of nitrogens with zero attached hydrogens (tertiary/aromatic N) is 3. The molecule has 118 valence electrons. The summed E-state index contributed by atoms with van der Waals surface area (Å²) < 4.78 is 5.74. The predicted molar refractivity (Wildman–Crippen MR) is 85.0 cm³/mol. The van der Waals surface area contributed by atoms with Gasteiger partial charge >= 0.3 is 0 Å². The van der Waals surface area contributed by atoms with E-state index in [2.05, 4.69) is 10.2 Å². The Hall–Kier alpha value is -1.69. The van der Waals surface area contributed by atoms with Crippen LogP contribution in [0.25, 0.3) is 0 Å². The standard InChI is InChI=1S/C16H21N3O2S/c1-11(2)15-17-18-16(21-15)12-5-7-19(8-6-12)14(20)10-13-4-3-9-22-13/h3-4,9,11-12H,5-8,10H2,1-2H3. The average Bonchev–Trinajstić information content (AvgIpc) is 3.18. The van der Waals surface area contributed by atoms with Crippen LogP contribution in [0.5, 0.6) is 0 Å². The van der Waals surface area contributed by atoms with Gasteiger partial charge in [0, 0.05) is 29.8 Å². The number of amides is 1. The minimum absolute atomic E-state index is 0.217. The Morgan fingerprint density at radius 1 is 1.41 bits per heavy atom. The second kappa shape index (κ2) is 6.60. The molecule has 0 atom stereocenters. The maximum absolute atomic E-state index is 12.3. The zero-order chi connectivity index (χ0) is 15.5. The maximum atomic E-state index is 12.3. The molecule has 5 nitrogen and oxygen atoms in total. The summed E-state index contributed by atoms with van der Waals surface area (Å²) in [6, 6.07) is 4.00. The summed E-state index contributed by atoms with van der Waals surface area (Å²) in [7, 11) is 0. The summed E-state index contributed by atoms with van der Waals surface area (Å²) in [5, 5.41) is 10.3. The highest BCUT2D eigenvalue weighted by Crippen LogP contribution is 2.28. The molecule has 2 aromatic rings. The summed E-state index contributed by atoms with van der Waals surface area (Å²) in [5.74, 6) is 2.19. The average molecular weight is 319 g/mol. The number of thiophene rings is 1. The second-order valence-electron chi connectivity index (χ2n) is 6.04. The fourth-order valence-electron chi connectivity index (χ4n) is 2.69. The SMILES string of the molecule is CC(C)c1nnc(C2CCN(C(=O)Cc3cccs3)CC2)o1. The smallest absolute Gasteiger partial charge is 0.227 e. The lowest BCUT2D eigenvalue weighted by atomic mass is 9.96. The molecule has 2 aromatic heterocycles. The van der Waals surface area contributed by atoms with Gasteiger partial charge in [-0.1, -0.05) is 19.9 Å². The van der Waals surface area contributed by atoms with Crippen LogP contribution in [0.2, 0.25) is 0 Å². The van der Waals surface area contributed by atoms with Crippen molar-refractivity contribution in [2.45, 2.75) is 44.9 Å². The molecule has 0 aliphatic carbocycles. The van der Waals surface area contributed by atoms with Gasteiger partial charge in [-0.15, -0.1) is 21.5 Å². The summed E-state index contributed by atoms with van der Waals surface area (Å²) in [4.78, 5) is 15.4. The van der Waals surface area contributed by atoms with Crippen LogP contribution >= 0.6 is 11.3 Å². The zero-order valence-electron chi connectivity index (χ0n) is 13.0. The van der Waals surface area contributed by atoms with Crippen LogP contribution in [0.1, 0.15) is 55.2 Å². The van der Waals surface area contributed by atoms with E-state index in [0.29, 0.717) is 12.3 Å². The molecular weight excluding hydrogens is 298 g/mol. The molecule has 0 saturated carbocycles. The molecule has 0 aromatic carbocycles. The molecule has 1 fully saturated rings. The molecule has 1 aliphatic rings. The lowest BCUT2D eigenvalue weighted by Gasteiger charge is -2.30. The van der Waals surface area contributed by atoms with E-state index in [0.717, 1.165) is 36.7 Å². The molecule has 0 spiro atoms. The van der Waals surface area contributed by atoms with Crippen molar-refractivity contribution in [2.24, 2.45) is 0 Å². The van der Waals surface area contributed by atoms with E-state index < -0.39 is 0 Å². The highest BCUT2D eigenvalue weighted by Gasteiger charge is 2.27. The Morgan fingerprint density at radius 2 is 2.18 bits per heavy atom. The summed E-state index contributed by atoms with van der Waals surface area (Å²) >= 11 is 1.64. The summed E-state index contributed by atoms with van der Waals surface area (Å²) in [5.41, 5.74) is 0. The fraction of sp³-hybridized carbons (Fsp3) is 0.562. The van der Waals surface area contributed by atoms with Crippen molar-refractivity contribution in [3.63, 3.8) is 0 Å². The number of carbonyl (C=O) groups is 1. The quantitative estimate of drug-likeness (QED) is 0.868. The number of piperidine rings is 1. The van der Waals surface area contributed by atoms with Crippen LogP contribution in [0.4, 0.5) is 0 Å². The van der Waals surface area contributed by atoms with Crippen molar-refractivity contribution in [3.8, 4) is 0 Å². The monoisotopic (exact) mass is 319 g/mol. The number of carbonyl (C=O) groups excluding carboxylic acids is 1. The van der Waals surface area contributed by atoms with Gasteiger partial charge in [-0.2, -0.15) is 0 Å². The van der Waals surface area contributed by atoms with Crippen molar-refractivity contribution in [2.75, 3.05) is 13.1 Å². The van der Waals surface area contributed by atoms with Gasteiger partial charge in [0.15, 0.2) is 0 Å². The normalized spacial score (nSPS) is 16.4. The molecular formula is C16H21N3O2S. The molecule has 0 N–H and O–H groups in total. The minimum Gasteiger partial charge on any atom is -0.425 e. The van der Waals surface area contributed by atoms with E-state index in [1.165, 1.54) is 0 Å². The molecule has 1 aliphatic heterocycles. The van der Waals surface area contributed by atoms with Gasteiger partial charge in [0.05, 0.1) is 6.42 Å². The lowest BCUT2D eigenvalue weighted by Crippen LogP contribution is -2.38. The number of rotatable bonds is 4. The van der Waals surface area contributed by atoms with E-state index >= 15 is 0 Å². The van der Waals surface area contributed by atoms with Gasteiger partial charge in [-0.3, -0.25) is 4.79 Å². The van der Waals surface area contributed by atoms with Crippen LogP contribution < -0.4 is 0 Å². The topological polar surface area (TPSA) is 59.2 Å². The minimum atomic E-state index is 0.217. The molecule has 0 bridgehead atoms. The number of aromatic nitrogens is 2. The molecule has 22 heavy (non-hydrogen) atoms. The highest BCUT2D eigenvalue weighted by molar-refractivity contribution is 7.10. The third-order valence-corrected chi connectivity index (χ3v) is 4.93. The van der Waals surface area contributed by atoms with Crippen molar-refractivity contribution in [3.05, 3.63) is 34.2 Å². The van der Waals surface area contributed by atoms with E-state index in [1.54, 1.807) is 11.3 Å². The first kappa shape index (κ1) is 15.2. The van der Waals surface area contributed by atoms with Crippen LogP contribution in [0, 0.1) is 0 Å². The third kappa shape index (κ3) is 3.38. The first-order valence-electron chi connectivity index (χ1n) is 7.77. The molecule has 0 unspecified atom stereocenters. The molecule has 0 radical (unpaired) electrons. The zero-order valence-corrected chi connectivity index (χ0v) is 13.8. The maximum Gasteiger partial charge on any atom is 0.227 e.